The number of hydrogen-bond donors (Lipinski definition) is 1. The zero-order chi connectivity index (χ0) is 13.4. The Labute approximate surface area is 123 Å². The molecule has 0 spiro atoms. The average Bonchev–Trinajstić information content (AvgIpc) is 2.53. The number of phenolic OH excluding ortho intramolecular Hbond substituents is 1. The third-order valence-corrected chi connectivity index (χ3v) is 4.32. The lowest BCUT2D eigenvalue weighted by atomic mass is 10.2. The van der Waals surface area contributed by atoms with Crippen LogP contribution in [0.3, 0.4) is 0 Å². The number of thioether (sulfide) groups is 1. The van der Waals surface area contributed by atoms with E-state index in [9.17, 15) is 9.90 Å². The molecule has 1 aliphatic rings. The van der Waals surface area contributed by atoms with Crippen molar-refractivity contribution in [2.75, 3.05) is 7.05 Å². The van der Waals surface area contributed by atoms with Gasteiger partial charge in [0.1, 0.15) is 10.1 Å². The lowest BCUT2D eigenvalue weighted by Gasteiger charge is -2.05. The average molecular weight is 320 g/mol. The molecule has 1 heterocycles. The number of phenols is 1. The lowest BCUT2D eigenvalue weighted by Crippen LogP contribution is -2.22. The number of thiocarbonyl (C=S) groups is 1. The molecule has 3 nitrogen and oxygen atoms in total. The molecule has 1 saturated heterocycles. The van der Waals surface area contributed by atoms with Crippen molar-refractivity contribution < 1.29 is 9.90 Å². The SMILES string of the molecule is CN1C(=O)/C(=C\c2cc(Cl)cc(Cl)c2O)SC1=S. The third kappa shape index (κ3) is 2.49. The molecule has 1 fully saturated rings. The zero-order valence-electron chi connectivity index (χ0n) is 9.11. The van der Waals surface area contributed by atoms with E-state index >= 15 is 0 Å². The van der Waals surface area contributed by atoms with Crippen LogP contribution >= 0.6 is 47.2 Å². The van der Waals surface area contributed by atoms with E-state index < -0.39 is 0 Å². The minimum absolute atomic E-state index is 0.109. The summed E-state index contributed by atoms with van der Waals surface area (Å²) < 4.78 is 0.471. The second-order valence-electron chi connectivity index (χ2n) is 3.57. The quantitative estimate of drug-likeness (QED) is 0.635. The molecule has 0 unspecified atom stereocenters. The molecule has 1 aliphatic heterocycles. The van der Waals surface area contributed by atoms with Crippen molar-refractivity contribution in [1.29, 1.82) is 0 Å². The third-order valence-electron chi connectivity index (χ3n) is 2.33. The van der Waals surface area contributed by atoms with E-state index in [0.717, 1.165) is 0 Å². The van der Waals surface area contributed by atoms with Crippen LogP contribution in [0, 0.1) is 0 Å². The largest absolute Gasteiger partial charge is 0.506 e. The highest BCUT2D eigenvalue weighted by atomic mass is 35.5. The molecule has 0 aliphatic carbocycles. The summed E-state index contributed by atoms with van der Waals surface area (Å²) >= 11 is 17.8. The Morgan fingerprint density at radius 3 is 2.67 bits per heavy atom. The van der Waals surface area contributed by atoms with Gasteiger partial charge in [0.05, 0.1) is 9.93 Å². The van der Waals surface area contributed by atoms with Crippen molar-refractivity contribution in [3.05, 3.63) is 32.6 Å². The van der Waals surface area contributed by atoms with E-state index in [0.29, 0.717) is 19.8 Å². The normalized spacial score (nSPS) is 17.9. The predicted molar refractivity (Wildman–Crippen MR) is 79.1 cm³/mol. The molecule has 1 N–H and O–H groups in total. The second-order valence-corrected chi connectivity index (χ2v) is 6.09. The number of likely N-dealkylation sites (N-methyl/N-ethyl adjacent to an activating group) is 1. The minimum Gasteiger partial charge on any atom is -0.506 e. The van der Waals surface area contributed by atoms with Crippen LogP contribution in [0.15, 0.2) is 17.0 Å². The second kappa shape index (κ2) is 5.09. The van der Waals surface area contributed by atoms with Gasteiger partial charge in [-0.2, -0.15) is 0 Å². The van der Waals surface area contributed by atoms with Crippen molar-refractivity contribution in [3.8, 4) is 5.75 Å². The summed E-state index contributed by atoms with van der Waals surface area (Å²) in [6.07, 6.45) is 1.52. The molecule has 0 radical (unpaired) electrons. The summed E-state index contributed by atoms with van der Waals surface area (Å²) in [7, 11) is 1.60. The van der Waals surface area contributed by atoms with Gasteiger partial charge in [-0.1, -0.05) is 47.2 Å². The number of hydrogen-bond acceptors (Lipinski definition) is 4. The van der Waals surface area contributed by atoms with Crippen LogP contribution in [-0.4, -0.2) is 27.3 Å². The van der Waals surface area contributed by atoms with Gasteiger partial charge in [0, 0.05) is 17.6 Å². The van der Waals surface area contributed by atoms with Crippen molar-refractivity contribution in [2.45, 2.75) is 0 Å². The molecule has 7 heteroatoms. The van der Waals surface area contributed by atoms with Gasteiger partial charge in [-0.25, -0.2) is 0 Å². The van der Waals surface area contributed by atoms with Crippen molar-refractivity contribution in [1.82, 2.24) is 4.90 Å². The Kier molecular flexibility index (Phi) is 3.87. The number of aromatic hydroxyl groups is 1. The number of amides is 1. The number of benzene rings is 1. The van der Waals surface area contributed by atoms with Crippen LogP contribution in [0.2, 0.25) is 10.0 Å². The van der Waals surface area contributed by atoms with E-state index in [4.69, 9.17) is 35.4 Å². The summed E-state index contributed by atoms with van der Waals surface area (Å²) in [5.41, 5.74) is 0.390. The lowest BCUT2D eigenvalue weighted by molar-refractivity contribution is -0.121. The molecule has 1 aromatic rings. The highest BCUT2D eigenvalue weighted by Crippen LogP contribution is 2.36. The summed E-state index contributed by atoms with van der Waals surface area (Å²) in [6.45, 7) is 0. The number of carbonyl (C=O) groups is 1. The molecule has 18 heavy (non-hydrogen) atoms. The van der Waals surface area contributed by atoms with Crippen molar-refractivity contribution >= 4 is 63.5 Å². The van der Waals surface area contributed by atoms with Crippen molar-refractivity contribution in [2.24, 2.45) is 0 Å². The van der Waals surface area contributed by atoms with Gasteiger partial charge in [0.15, 0.2) is 0 Å². The number of nitrogens with zero attached hydrogens (tertiary/aromatic N) is 1. The van der Waals surface area contributed by atoms with Crippen LogP contribution < -0.4 is 0 Å². The topological polar surface area (TPSA) is 40.5 Å². The van der Waals surface area contributed by atoms with E-state index in [1.54, 1.807) is 7.05 Å². The van der Waals surface area contributed by atoms with Gasteiger partial charge in [-0.3, -0.25) is 9.69 Å². The summed E-state index contributed by atoms with van der Waals surface area (Å²) in [5.74, 6) is -0.317. The first-order chi connectivity index (χ1) is 8.40. The van der Waals surface area contributed by atoms with E-state index in [1.165, 1.54) is 34.9 Å². The Hall–Kier alpha value is -0.750. The van der Waals surface area contributed by atoms with Crippen LogP contribution in [0.5, 0.6) is 5.75 Å². The van der Waals surface area contributed by atoms with E-state index in [-0.39, 0.29) is 16.7 Å². The zero-order valence-corrected chi connectivity index (χ0v) is 12.3. The molecule has 94 valence electrons. The Morgan fingerprint density at radius 1 is 1.44 bits per heavy atom. The van der Waals surface area contributed by atoms with Gasteiger partial charge >= 0.3 is 0 Å². The number of halogens is 2. The Bertz CT molecular complexity index is 587. The maximum atomic E-state index is 11.8. The standard InChI is InChI=1S/C11H7Cl2NO2S2/c1-14-10(16)8(18-11(14)17)3-5-2-6(12)4-7(13)9(5)15/h2-4,15H,1H3/b8-3+. The molecular weight excluding hydrogens is 313 g/mol. The highest BCUT2D eigenvalue weighted by Gasteiger charge is 2.29. The highest BCUT2D eigenvalue weighted by molar-refractivity contribution is 8.26. The van der Waals surface area contributed by atoms with Gasteiger partial charge in [0.25, 0.3) is 5.91 Å². The first-order valence-corrected chi connectivity index (χ1v) is 6.78. The van der Waals surface area contributed by atoms with E-state index in [2.05, 4.69) is 0 Å². The molecule has 1 amide bonds. The fourth-order valence-electron chi connectivity index (χ4n) is 1.38. The van der Waals surface area contributed by atoms with Gasteiger partial charge in [-0.15, -0.1) is 0 Å². The van der Waals surface area contributed by atoms with Crippen LogP contribution in [0.4, 0.5) is 0 Å². The predicted octanol–water partition coefficient (Wildman–Crippen LogP) is 3.53. The first-order valence-electron chi connectivity index (χ1n) is 4.79. The fourth-order valence-corrected chi connectivity index (χ4v) is 3.06. The van der Waals surface area contributed by atoms with Crippen LogP contribution in [0.25, 0.3) is 6.08 Å². The number of rotatable bonds is 1. The number of carbonyl (C=O) groups excluding carboxylic acids is 1. The maximum Gasteiger partial charge on any atom is 0.265 e. The summed E-state index contributed by atoms with van der Waals surface area (Å²) in [4.78, 5) is 13.6. The molecule has 0 saturated carbocycles. The van der Waals surface area contributed by atoms with Gasteiger partial charge in [0.2, 0.25) is 0 Å². The van der Waals surface area contributed by atoms with Gasteiger partial charge in [-0.05, 0) is 18.2 Å². The van der Waals surface area contributed by atoms with Crippen molar-refractivity contribution in [3.63, 3.8) is 0 Å². The van der Waals surface area contributed by atoms with E-state index in [1.807, 2.05) is 0 Å². The summed E-state index contributed by atoms with van der Waals surface area (Å²) in [6, 6.07) is 2.96. The molecular formula is C11H7Cl2NO2S2. The fraction of sp³-hybridized carbons (Fsp3) is 0.0909. The maximum absolute atomic E-state index is 11.8. The van der Waals surface area contributed by atoms with Crippen LogP contribution in [0.1, 0.15) is 5.56 Å². The van der Waals surface area contributed by atoms with Crippen LogP contribution in [-0.2, 0) is 4.79 Å². The molecule has 1 aromatic carbocycles. The van der Waals surface area contributed by atoms with Gasteiger partial charge < -0.3 is 5.11 Å². The monoisotopic (exact) mass is 319 g/mol. The molecule has 0 atom stereocenters. The summed E-state index contributed by atoms with van der Waals surface area (Å²) in [5, 5.41) is 10.3. The Balaban J connectivity index is 2.46. The first kappa shape index (κ1) is 13.7. The molecule has 2 rings (SSSR count). The molecule has 0 aromatic heterocycles. The Morgan fingerprint density at radius 2 is 2.11 bits per heavy atom. The smallest absolute Gasteiger partial charge is 0.265 e. The molecule has 0 bridgehead atoms. The minimum atomic E-state index is -0.208.